The monoisotopic (exact) mass is 425 g/mol. The van der Waals surface area contributed by atoms with Crippen LogP contribution in [-0.4, -0.2) is 49.0 Å². The molecule has 0 radical (unpaired) electrons. The highest BCUT2D eigenvalue weighted by atomic mass is 19.1. The minimum absolute atomic E-state index is 0.0188. The maximum absolute atomic E-state index is 13.7. The second kappa shape index (κ2) is 9.37. The summed E-state index contributed by atoms with van der Waals surface area (Å²) in [5, 5.41) is 2.85. The van der Waals surface area contributed by atoms with Crippen molar-refractivity contribution in [1.29, 1.82) is 0 Å². The zero-order chi connectivity index (χ0) is 21.8. The predicted octanol–water partition coefficient (Wildman–Crippen LogP) is 3.03. The number of rotatable bonds is 5. The molecule has 0 spiro atoms. The summed E-state index contributed by atoms with van der Waals surface area (Å²) in [5.41, 5.74) is 2.07. The number of para-hydroxylation sites is 2. The van der Waals surface area contributed by atoms with Crippen LogP contribution in [0.4, 0.5) is 10.1 Å². The van der Waals surface area contributed by atoms with Gasteiger partial charge >= 0.3 is 0 Å². The Bertz CT molecular complexity index is 959. The lowest BCUT2D eigenvalue weighted by Crippen LogP contribution is -2.53. The molecule has 1 N–H and O–H groups in total. The van der Waals surface area contributed by atoms with Gasteiger partial charge in [-0.3, -0.25) is 9.59 Å². The van der Waals surface area contributed by atoms with Crippen LogP contribution < -0.4 is 15.0 Å². The second-order valence-corrected chi connectivity index (χ2v) is 8.20. The normalized spacial score (nSPS) is 18.2. The number of ether oxygens (including phenoxy) is 1. The molecular weight excluding hydrogens is 397 g/mol. The summed E-state index contributed by atoms with van der Waals surface area (Å²) in [6.45, 7) is 3.88. The van der Waals surface area contributed by atoms with E-state index in [4.69, 9.17) is 4.74 Å². The van der Waals surface area contributed by atoms with Crippen molar-refractivity contribution in [3.8, 4) is 5.75 Å². The number of carbonyl (C=O) groups is 2. The highest BCUT2D eigenvalue weighted by Gasteiger charge is 2.34. The van der Waals surface area contributed by atoms with Crippen molar-refractivity contribution in [3.05, 3.63) is 59.4 Å². The van der Waals surface area contributed by atoms with Gasteiger partial charge in [0, 0.05) is 19.6 Å². The number of aryl methyl sites for hydroxylation is 1. The molecule has 0 bridgehead atoms. The zero-order valence-corrected chi connectivity index (χ0v) is 17.8. The van der Waals surface area contributed by atoms with E-state index in [9.17, 15) is 14.0 Å². The van der Waals surface area contributed by atoms with Crippen molar-refractivity contribution < 1.29 is 18.7 Å². The quantitative estimate of drug-likeness (QED) is 0.800. The number of anilines is 1. The first kappa shape index (κ1) is 21.2. The van der Waals surface area contributed by atoms with Crippen LogP contribution in [0, 0.1) is 12.7 Å². The maximum Gasteiger partial charge on any atom is 0.265 e. The molecule has 31 heavy (non-hydrogen) atoms. The first-order chi connectivity index (χ1) is 15.0. The van der Waals surface area contributed by atoms with E-state index in [2.05, 4.69) is 5.32 Å². The third-order valence-corrected chi connectivity index (χ3v) is 5.86. The second-order valence-electron chi connectivity index (χ2n) is 8.20. The first-order valence-corrected chi connectivity index (χ1v) is 10.8. The van der Waals surface area contributed by atoms with Gasteiger partial charge in [-0.15, -0.1) is 0 Å². The van der Waals surface area contributed by atoms with Crippen LogP contribution in [0.15, 0.2) is 42.5 Å². The minimum atomic E-state index is -0.632. The number of nitrogens with one attached hydrogen (secondary N) is 1. The van der Waals surface area contributed by atoms with Gasteiger partial charge in [0.05, 0.1) is 18.8 Å². The molecule has 2 heterocycles. The lowest BCUT2D eigenvalue weighted by Gasteiger charge is -2.38. The molecule has 2 amide bonds. The summed E-state index contributed by atoms with van der Waals surface area (Å²) in [4.78, 5) is 29.4. The summed E-state index contributed by atoms with van der Waals surface area (Å²) >= 11 is 0. The number of likely N-dealkylation sites (tertiary alicyclic amines) is 1. The smallest absolute Gasteiger partial charge is 0.265 e. The average molecular weight is 426 g/mol. The topological polar surface area (TPSA) is 61.9 Å². The summed E-state index contributed by atoms with van der Waals surface area (Å²) < 4.78 is 19.7. The van der Waals surface area contributed by atoms with Crippen molar-refractivity contribution in [1.82, 2.24) is 10.2 Å². The van der Waals surface area contributed by atoms with E-state index in [-0.39, 0.29) is 30.7 Å². The Morgan fingerprint density at radius 3 is 2.68 bits per heavy atom. The number of hydrogen-bond donors (Lipinski definition) is 1. The number of nitrogens with zero attached hydrogens (tertiary/aromatic N) is 2. The Balaban J connectivity index is 1.42. The van der Waals surface area contributed by atoms with E-state index in [1.807, 2.05) is 34.1 Å². The lowest BCUT2D eigenvalue weighted by molar-refractivity contribution is -0.139. The number of amides is 2. The van der Waals surface area contributed by atoms with Crippen molar-refractivity contribution in [3.63, 3.8) is 0 Å². The van der Waals surface area contributed by atoms with Crippen LogP contribution >= 0.6 is 0 Å². The Labute approximate surface area is 182 Å². The van der Waals surface area contributed by atoms with Crippen molar-refractivity contribution in [2.24, 2.45) is 0 Å². The highest BCUT2D eigenvalue weighted by Crippen LogP contribution is 2.33. The van der Waals surface area contributed by atoms with Crippen molar-refractivity contribution >= 4 is 17.5 Å². The molecule has 0 saturated carbocycles. The third kappa shape index (κ3) is 4.98. The van der Waals surface area contributed by atoms with Crippen LogP contribution in [0.1, 0.15) is 30.4 Å². The SMILES string of the molecule is Cc1ccc(CNC(=O)CN2C[C@H](C(=O)N3CCCCC3)Oc3ccccc32)cc1F. The van der Waals surface area contributed by atoms with Gasteiger partial charge in [-0.05, 0) is 55.5 Å². The van der Waals surface area contributed by atoms with Crippen molar-refractivity contribution in [2.45, 2.75) is 38.8 Å². The molecule has 6 nitrogen and oxygen atoms in total. The van der Waals surface area contributed by atoms with E-state index in [0.29, 0.717) is 23.4 Å². The molecule has 1 atom stereocenters. The number of benzene rings is 2. The van der Waals surface area contributed by atoms with Gasteiger partial charge in [-0.2, -0.15) is 0 Å². The predicted molar refractivity (Wildman–Crippen MR) is 116 cm³/mol. The maximum atomic E-state index is 13.7. The molecule has 164 valence electrons. The Morgan fingerprint density at radius 2 is 1.90 bits per heavy atom. The Kier molecular flexibility index (Phi) is 6.39. The summed E-state index contributed by atoms with van der Waals surface area (Å²) in [7, 11) is 0. The molecule has 0 unspecified atom stereocenters. The van der Waals surface area contributed by atoms with Gasteiger partial charge in [0.1, 0.15) is 11.6 Å². The number of hydrogen-bond acceptors (Lipinski definition) is 4. The number of piperidine rings is 1. The fraction of sp³-hybridized carbons (Fsp3) is 0.417. The van der Waals surface area contributed by atoms with E-state index in [1.54, 1.807) is 19.1 Å². The first-order valence-electron chi connectivity index (χ1n) is 10.8. The van der Waals surface area contributed by atoms with Crippen molar-refractivity contribution in [2.75, 3.05) is 31.1 Å². The van der Waals surface area contributed by atoms with Gasteiger partial charge < -0.3 is 19.9 Å². The molecule has 1 saturated heterocycles. The molecule has 1 fully saturated rings. The largest absolute Gasteiger partial charge is 0.477 e. The molecular formula is C24H28FN3O3. The molecule has 7 heteroatoms. The Hall–Kier alpha value is -3.09. The van der Waals surface area contributed by atoms with E-state index >= 15 is 0 Å². The van der Waals surface area contributed by atoms with E-state index in [0.717, 1.165) is 38.0 Å². The standard InChI is InChI=1S/C24H28FN3O3/c1-17-9-10-18(13-19(17)25)14-26-23(29)16-28-15-22(24(30)27-11-5-2-6-12-27)31-21-8-4-3-7-20(21)28/h3-4,7-10,13,22H,2,5-6,11-12,14-16H2,1H3,(H,26,29)/t22-/m1/s1. The van der Waals surface area contributed by atoms with E-state index < -0.39 is 6.10 Å². The highest BCUT2D eigenvalue weighted by molar-refractivity contribution is 5.86. The number of carbonyl (C=O) groups excluding carboxylic acids is 2. The van der Waals surface area contributed by atoms with Gasteiger partial charge in [0.15, 0.2) is 6.10 Å². The summed E-state index contributed by atoms with van der Waals surface area (Å²) in [5.74, 6) is 0.113. The third-order valence-electron chi connectivity index (χ3n) is 5.86. The van der Waals surface area contributed by atoms with Crippen LogP contribution in [-0.2, 0) is 16.1 Å². The molecule has 4 rings (SSSR count). The minimum Gasteiger partial charge on any atom is -0.477 e. The summed E-state index contributed by atoms with van der Waals surface area (Å²) in [6, 6.07) is 12.4. The van der Waals surface area contributed by atoms with Gasteiger partial charge in [0.25, 0.3) is 5.91 Å². The number of halogens is 1. The van der Waals surface area contributed by atoms with Gasteiger partial charge in [0.2, 0.25) is 5.91 Å². The molecule has 0 aliphatic carbocycles. The van der Waals surface area contributed by atoms with Crippen LogP contribution in [0.3, 0.4) is 0 Å². The zero-order valence-electron chi connectivity index (χ0n) is 17.8. The molecule has 2 aromatic carbocycles. The fourth-order valence-electron chi connectivity index (χ4n) is 4.08. The van der Waals surface area contributed by atoms with Crippen LogP contribution in [0.25, 0.3) is 0 Å². The average Bonchev–Trinajstić information content (AvgIpc) is 2.80. The van der Waals surface area contributed by atoms with Gasteiger partial charge in [-0.1, -0.05) is 24.3 Å². The molecule has 2 aromatic rings. The van der Waals surface area contributed by atoms with Crippen LogP contribution in [0.5, 0.6) is 5.75 Å². The fourth-order valence-corrected chi connectivity index (χ4v) is 4.08. The number of fused-ring (bicyclic) bond motifs is 1. The van der Waals surface area contributed by atoms with Crippen LogP contribution in [0.2, 0.25) is 0 Å². The van der Waals surface area contributed by atoms with E-state index in [1.165, 1.54) is 6.07 Å². The Morgan fingerprint density at radius 1 is 1.13 bits per heavy atom. The van der Waals surface area contributed by atoms with Gasteiger partial charge in [-0.25, -0.2) is 4.39 Å². The molecule has 2 aliphatic rings. The summed E-state index contributed by atoms with van der Waals surface area (Å²) in [6.07, 6.45) is 2.55. The lowest BCUT2D eigenvalue weighted by atomic mass is 10.1. The molecule has 2 aliphatic heterocycles. The molecule has 0 aromatic heterocycles.